The minimum absolute atomic E-state index is 0.156. The van der Waals surface area contributed by atoms with E-state index in [9.17, 15) is 26.7 Å². The van der Waals surface area contributed by atoms with E-state index in [0.29, 0.717) is 17.1 Å². The van der Waals surface area contributed by atoms with Crippen molar-refractivity contribution in [3.63, 3.8) is 0 Å². The number of anilines is 1. The summed E-state index contributed by atoms with van der Waals surface area (Å²) in [5, 5.41) is 10.00. The molecule has 10 heteroatoms. The molecule has 1 aromatic heterocycles. The van der Waals surface area contributed by atoms with Crippen LogP contribution < -0.4 is 4.72 Å². The number of aromatic hydroxyl groups is 1. The van der Waals surface area contributed by atoms with Crippen molar-refractivity contribution in [2.24, 2.45) is 0 Å². The highest BCUT2D eigenvalue weighted by Crippen LogP contribution is 2.35. The van der Waals surface area contributed by atoms with Crippen molar-refractivity contribution in [1.29, 1.82) is 0 Å². The quantitative estimate of drug-likeness (QED) is 0.843. The van der Waals surface area contributed by atoms with Gasteiger partial charge in [0.25, 0.3) is 10.0 Å². The number of benzene rings is 1. The summed E-state index contributed by atoms with van der Waals surface area (Å²) in [6.45, 7) is 1.59. The van der Waals surface area contributed by atoms with Crippen LogP contribution in [0.1, 0.15) is 10.6 Å². The molecule has 0 fully saturated rings. The van der Waals surface area contributed by atoms with Crippen molar-refractivity contribution in [3.8, 4) is 5.75 Å². The average Bonchev–Trinajstić information content (AvgIpc) is 2.78. The minimum Gasteiger partial charge on any atom is -0.506 e. The van der Waals surface area contributed by atoms with Crippen molar-refractivity contribution in [2.45, 2.75) is 17.3 Å². The lowest BCUT2D eigenvalue weighted by Crippen LogP contribution is -2.13. The van der Waals surface area contributed by atoms with Crippen LogP contribution in [0.4, 0.5) is 18.9 Å². The smallest absolute Gasteiger partial charge is 0.416 e. The number of thiazole rings is 1. The fourth-order valence-corrected chi connectivity index (χ4v) is 3.63. The van der Waals surface area contributed by atoms with E-state index in [0.717, 1.165) is 23.6 Å². The first-order valence-electron chi connectivity index (χ1n) is 5.45. The second kappa shape index (κ2) is 5.19. The highest BCUT2D eigenvalue weighted by atomic mass is 32.2. The van der Waals surface area contributed by atoms with E-state index in [1.165, 1.54) is 0 Å². The van der Waals surface area contributed by atoms with Crippen LogP contribution >= 0.6 is 11.3 Å². The fourth-order valence-electron chi connectivity index (χ4n) is 1.46. The third kappa shape index (κ3) is 3.45. The standard InChI is InChI=1S/C11H9F3N2O3S2/c1-6-15-5-10(20-6)21(18,19)16-8-4-7(11(12,13)14)2-3-9(8)17/h2-5,16-17H,1H3. The topological polar surface area (TPSA) is 79.3 Å². The van der Waals surface area contributed by atoms with Crippen molar-refractivity contribution >= 4 is 27.0 Å². The molecular weight excluding hydrogens is 329 g/mol. The van der Waals surface area contributed by atoms with Crippen LogP contribution in [0, 0.1) is 6.92 Å². The lowest BCUT2D eigenvalue weighted by Gasteiger charge is -2.11. The van der Waals surface area contributed by atoms with Crippen LogP contribution in [-0.2, 0) is 16.2 Å². The molecule has 0 aliphatic rings. The number of sulfonamides is 1. The molecule has 1 heterocycles. The number of nitrogens with one attached hydrogen (secondary N) is 1. The first-order valence-corrected chi connectivity index (χ1v) is 7.75. The van der Waals surface area contributed by atoms with Gasteiger partial charge in [-0.15, -0.1) is 11.3 Å². The number of aromatic nitrogens is 1. The zero-order valence-electron chi connectivity index (χ0n) is 10.5. The van der Waals surface area contributed by atoms with E-state index in [4.69, 9.17) is 0 Å². The van der Waals surface area contributed by atoms with Gasteiger partial charge in [0.05, 0.1) is 22.5 Å². The van der Waals surface area contributed by atoms with E-state index >= 15 is 0 Å². The zero-order valence-corrected chi connectivity index (χ0v) is 12.1. The summed E-state index contributed by atoms with van der Waals surface area (Å²) in [5.74, 6) is -0.604. The molecule has 0 aliphatic carbocycles. The van der Waals surface area contributed by atoms with E-state index in [1.807, 2.05) is 4.72 Å². The predicted octanol–water partition coefficient (Wildman–Crippen LogP) is 2.98. The molecule has 0 radical (unpaired) electrons. The van der Waals surface area contributed by atoms with Gasteiger partial charge in [-0.3, -0.25) is 4.72 Å². The fraction of sp³-hybridized carbons (Fsp3) is 0.182. The van der Waals surface area contributed by atoms with Crippen molar-refractivity contribution in [2.75, 3.05) is 4.72 Å². The van der Waals surface area contributed by atoms with Gasteiger partial charge in [-0.1, -0.05) is 0 Å². The summed E-state index contributed by atoms with van der Waals surface area (Å²) in [4.78, 5) is 3.76. The van der Waals surface area contributed by atoms with E-state index < -0.39 is 33.2 Å². The summed E-state index contributed by atoms with van der Waals surface area (Å²) < 4.78 is 63.5. The number of halogens is 3. The average molecular weight is 338 g/mol. The molecule has 0 atom stereocenters. The summed E-state index contributed by atoms with van der Waals surface area (Å²) in [6, 6.07) is 1.96. The molecule has 0 amide bonds. The third-order valence-electron chi connectivity index (χ3n) is 2.43. The SMILES string of the molecule is Cc1ncc(S(=O)(=O)Nc2cc(C(F)(F)F)ccc2O)s1. The molecule has 2 N–H and O–H groups in total. The summed E-state index contributed by atoms with van der Waals surface area (Å²) >= 11 is 0.864. The van der Waals surface area contributed by atoms with Gasteiger partial charge in [0.2, 0.25) is 0 Å². The molecule has 0 saturated carbocycles. The van der Waals surface area contributed by atoms with Crippen LogP contribution in [0.15, 0.2) is 28.6 Å². The van der Waals surface area contributed by atoms with E-state index in [1.54, 1.807) is 6.92 Å². The maximum Gasteiger partial charge on any atom is 0.416 e. The molecule has 0 aliphatic heterocycles. The number of hydrogen-bond donors (Lipinski definition) is 2. The molecular formula is C11H9F3N2O3S2. The molecule has 0 bridgehead atoms. The summed E-state index contributed by atoms with van der Waals surface area (Å²) in [6.07, 6.45) is -3.55. The van der Waals surface area contributed by atoms with Gasteiger partial charge in [0.15, 0.2) is 4.21 Å². The van der Waals surface area contributed by atoms with Gasteiger partial charge < -0.3 is 5.11 Å². The molecule has 21 heavy (non-hydrogen) atoms. The highest BCUT2D eigenvalue weighted by molar-refractivity contribution is 7.94. The number of rotatable bonds is 3. The normalized spacial score (nSPS) is 12.4. The Morgan fingerprint density at radius 2 is 2.00 bits per heavy atom. The second-order valence-electron chi connectivity index (χ2n) is 4.03. The minimum atomic E-state index is -4.64. The first kappa shape index (κ1) is 15.6. The Morgan fingerprint density at radius 3 is 2.52 bits per heavy atom. The van der Waals surface area contributed by atoms with Crippen molar-refractivity contribution < 1.29 is 26.7 Å². The number of phenols is 1. The number of alkyl halides is 3. The molecule has 1 aromatic carbocycles. The Kier molecular flexibility index (Phi) is 3.85. The van der Waals surface area contributed by atoms with Crippen LogP contribution in [0.2, 0.25) is 0 Å². The molecule has 0 saturated heterocycles. The summed E-state index contributed by atoms with van der Waals surface area (Å²) in [5.41, 5.74) is -1.62. The Bertz CT molecular complexity index is 769. The van der Waals surface area contributed by atoms with Crippen LogP contribution in [-0.4, -0.2) is 18.5 Å². The van der Waals surface area contributed by atoms with Crippen LogP contribution in [0.3, 0.4) is 0 Å². The number of aryl methyl sites for hydroxylation is 1. The van der Waals surface area contributed by atoms with Crippen LogP contribution in [0.25, 0.3) is 0 Å². The number of nitrogens with zero attached hydrogens (tertiary/aromatic N) is 1. The number of phenolic OH excluding ortho intramolecular Hbond substituents is 1. The largest absolute Gasteiger partial charge is 0.506 e. The van der Waals surface area contributed by atoms with Gasteiger partial charge >= 0.3 is 6.18 Å². The van der Waals surface area contributed by atoms with E-state index in [-0.39, 0.29) is 4.21 Å². The van der Waals surface area contributed by atoms with Crippen molar-refractivity contribution in [1.82, 2.24) is 4.98 Å². The third-order valence-corrected chi connectivity index (χ3v) is 5.17. The van der Waals surface area contributed by atoms with E-state index in [2.05, 4.69) is 4.98 Å². The molecule has 2 aromatic rings. The predicted molar refractivity (Wildman–Crippen MR) is 70.8 cm³/mol. The Balaban J connectivity index is 2.39. The Hall–Kier alpha value is -1.81. The molecule has 2 rings (SSSR count). The Morgan fingerprint density at radius 1 is 1.33 bits per heavy atom. The molecule has 0 unspecified atom stereocenters. The van der Waals surface area contributed by atoms with Gasteiger partial charge in [-0.05, 0) is 25.1 Å². The highest BCUT2D eigenvalue weighted by Gasteiger charge is 2.31. The maximum atomic E-state index is 12.6. The molecule has 5 nitrogen and oxygen atoms in total. The molecule has 0 spiro atoms. The lowest BCUT2D eigenvalue weighted by molar-refractivity contribution is -0.137. The van der Waals surface area contributed by atoms with Gasteiger partial charge in [0, 0.05) is 0 Å². The van der Waals surface area contributed by atoms with Gasteiger partial charge in [-0.25, -0.2) is 13.4 Å². The van der Waals surface area contributed by atoms with Gasteiger partial charge in [0.1, 0.15) is 5.75 Å². The maximum absolute atomic E-state index is 12.6. The van der Waals surface area contributed by atoms with Gasteiger partial charge in [-0.2, -0.15) is 13.2 Å². The molecule has 114 valence electrons. The van der Waals surface area contributed by atoms with Crippen molar-refractivity contribution in [3.05, 3.63) is 35.0 Å². The lowest BCUT2D eigenvalue weighted by atomic mass is 10.2. The van der Waals surface area contributed by atoms with Crippen LogP contribution in [0.5, 0.6) is 5.75 Å². The second-order valence-corrected chi connectivity index (χ2v) is 7.18. The number of hydrogen-bond acceptors (Lipinski definition) is 5. The first-order chi connectivity index (χ1) is 9.59. The summed E-state index contributed by atoms with van der Waals surface area (Å²) in [7, 11) is -4.10. The Labute approximate surface area is 122 Å². The monoisotopic (exact) mass is 338 g/mol. The zero-order chi connectivity index (χ0) is 15.8.